The average molecular weight is 175 g/mol. The third-order valence-electron chi connectivity index (χ3n) is 2.66. The van der Waals surface area contributed by atoms with Gasteiger partial charge in [0.15, 0.2) is 5.78 Å². The van der Waals surface area contributed by atoms with E-state index in [1.165, 1.54) is 6.42 Å². The molecule has 0 aliphatic heterocycles. The molecule has 68 valence electrons. The first-order chi connectivity index (χ1) is 6.27. The zero-order chi connectivity index (χ0) is 9.26. The third kappa shape index (κ3) is 1.62. The van der Waals surface area contributed by atoms with Crippen LogP contribution in [0.15, 0.2) is 18.3 Å². The van der Waals surface area contributed by atoms with Crippen LogP contribution in [0.4, 0.5) is 0 Å². The molecule has 2 nitrogen and oxygen atoms in total. The molecule has 0 saturated heterocycles. The first-order valence-corrected chi connectivity index (χ1v) is 4.74. The van der Waals surface area contributed by atoms with E-state index in [0.29, 0.717) is 11.7 Å². The summed E-state index contributed by atoms with van der Waals surface area (Å²) in [6.45, 7) is 1.91. The van der Waals surface area contributed by atoms with Crippen LogP contribution in [0.1, 0.15) is 35.3 Å². The number of hydrogen-bond acceptors (Lipinski definition) is 2. The van der Waals surface area contributed by atoms with Crippen molar-refractivity contribution >= 4 is 5.78 Å². The molecule has 0 unspecified atom stereocenters. The maximum absolute atomic E-state index is 11.8. The van der Waals surface area contributed by atoms with Crippen LogP contribution in [0.2, 0.25) is 0 Å². The van der Waals surface area contributed by atoms with Crippen LogP contribution in [-0.4, -0.2) is 10.8 Å². The Morgan fingerprint density at radius 1 is 1.54 bits per heavy atom. The Morgan fingerprint density at radius 3 is 2.85 bits per heavy atom. The van der Waals surface area contributed by atoms with Crippen molar-refractivity contribution in [1.29, 1.82) is 0 Å². The molecule has 1 saturated carbocycles. The van der Waals surface area contributed by atoms with Gasteiger partial charge in [-0.3, -0.25) is 9.78 Å². The van der Waals surface area contributed by atoms with Gasteiger partial charge in [-0.1, -0.05) is 6.42 Å². The van der Waals surface area contributed by atoms with Crippen LogP contribution in [-0.2, 0) is 0 Å². The van der Waals surface area contributed by atoms with Crippen LogP contribution in [0.5, 0.6) is 0 Å². The first-order valence-electron chi connectivity index (χ1n) is 4.74. The number of Topliss-reactive ketones (excluding diaryl/α,β-unsaturated/α-hetero) is 1. The second-order valence-electron chi connectivity index (χ2n) is 3.68. The van der Waals surface area contributed by atoms with E-state index < -0.39 is 0 Å². The van der Waals surface area contributed by atoms with E-state index in [1.54, 1.807) is 6.20 Å². The molecule has 1 aliphatic rings. The van der Waals surface area contributed by atoms with Crippen molar-refractivity contribution in [1.82, 2.24) is 4.98 Å². The smallest absolute Gasteiger partial charge is 0.166 e. The predicted molar refractivity (Wildman–Crippen MR) is 50.6 cm³/mol. The van der Waals surface area contributed by atoms with Gasteiger partial charge in [0.1, 0.15) is 0 Å². The van der Waals surface area contributed by atoms with Gasteiger partial charge in [-0.2, -0.15) is 0 Å². The van der Waals surface area contributed by atoms with Gasteiger partial charge in [-0.25, -0.2) is 0 Å². The molecule has 0 spiro atoms. The highest BCUT2D eigenvalue weighted by atomic mass is 16.1. The van der Waals surface area contributed by atoms with E-state index in [4.69, 9.17) is 0 Å². The maximum Gasteiger partial charge on any atom is 0.166 e. The molecule has 2 rings (SSSR count). The highest BCUT2D eigenvalue weighted by Gasteiger charge is 2.25. The van der Waals surface area contributed by atoms with E-state index in [2.05, 4.69) is 4.98 Å². The molecule has 0 amide bonds. The normalized spacial score (nSPS) is 16.7. The molecule has 13 heavy (non-hydrogen) atoms. The predicted octanol–water partition coefficient (Wildman–Crippen LogP) is 2.37. The van der Waals surface area contributed by atoms with Crippen molar-refractivity contribution in [2.45, 2.75) is 26.2 Å². The number of ketones is 1. The average Bonchev–Trinajstić information content (AvgIpc) is 2.01. The fourth-order valence-electron chi connectivity index (χ4n) is 1.60. The van der Waals surface area contributed by atoms with E-state index in [9.17, 15) is 4.79 Å². The summed E-state index contributed by atoms with van der Waals surface area (Å²) in [5.41, 5.74) is 1.75. The number of aryl methyl sites for hydroxylation is 1. The Kier molecular flexibility index (Phi) is 2.13. The highest BCUT2D eigenvalue weighted by Crippen LogP contribution is 2.29. The Balaban J connectivity index is 2.19. The number of nitrogens with zero attached hydrogens (tertiary/aromatic N) is 1. The molecule has 1 aromatic rings. The van der Waals surface area contributed by atoms with Crippen LogP contribution in [0, 0.1) is 12.8 Å². The van der Waals surface area contributed by atoms with Crippen molar-refractivity contribution in [2.75, 3.05) is 0 Å². The molecule has 0 aromatic carbocycles. The second-order valence-corrected chi connectivity index (χ2v) is 3.68. The number of aromatic nitrogens is 1. The van der Waals surface area contributed by atoms with Gasteiger partial charge in [-0.05, 0) is 31.9 Å². The Morgan fingerprint density at radius 2 is 2.31 bits per heavy atom. The van der Waals surface area contributed by atoms with Crippen molar-refractivity contribution in [3.63, 3.8) is 0 Å². The van der Waals surface area contributed by atoms with Crippen molar-refractivity contribution < 1.29 is 4.79 Å². The summed E-state index contributed by atoms with van der Waals surface area (Å²) in [6.07, 6.45) is 5.06. The SMILES string of the molecule is Cc1cc(C(=O)C2CCC2)ccn1. The topological polar surface area (TPSA) is 30.0 Å². The summed E-state index contributed by atoms with van der Waals surface area (Å²) in [5, 5.41) is 0. The van der Waals surface area contributed by atoms with Crippen LogP contribution in [0.3, 0.4) is 0 Å². The molecule has 1 fully saturated rings. The zero-order valence-electron chi connectivity index (χ0n) is 7.79. The zero-order valence-corrected chi connectivity index (χ0v) is 7.79. The minimum absolute atomic E-state index is 0.293. The van der Waals surface area contributed by atoms with Gasteiger partial charge >= 0.3 is 0 Å². The standard InChI is InChI=1S/C11H13NO/c1-8-7-10(5-6-12-8)11(13)9-3-2-4-9/h5-7,9H,2-4H2,1H3. The molecule has 0 N–H and O–H groups in total. The third-order valence-corrected chi connectivity index (χ3v) is 2.66. The molecule has 1 aliphatic carbocycles. The number of carbonyl (C=O) groups excluding carboxylic acids is 1. The lowest BCUT2D eigenvalue weighted by Gasteiger charge is -2.23. The minimum Gasteiger partial charge on any atom is -0.294 e. The quantitative estimate of drug-likeness (QED) is 0.646. The molecular formula is C11H13NO. The van der Waals surface area contributed by atoms with E-state index >= 15 is 0 Å². The summed E-state index contributed by atoms with van der Waals surface area (Å²) in [6, 6.07) is 3.69. The van der Waals surface area contributed by atoms with Gasteiger partial charge in [-0.15, -0.1) is 0 Å². The van der Waals surface area contributed by atoms with Crippen molar-refractivity contribution in [3.8, 4) is 0 Å². The lowest BCUT2D eigenvalue weighted by atomic mass is 9.80. The van der Waals surface area contributed by atoms with Crippen molar-refractivity contribution in [2.24, 2.45) is 5.92 Å². The summed E-state index contributed by atoms with van der Waals surface area (Å²) >= 11 is 0. The molecule has 0 radical (unpaired) electrons. The molecule has 1 aromatic heterocycles. The van der Waals surface area contributed by atoms with Gasteiger partial charge in [0.05, 0.1) is 0 Å². The van der Waals surface area contributed by atoms with Gasteiger partial charge in [0, 0.05) is 23.4 Å². The molecule has 2 heteroatoms. The number of rotatable bonds is 2. The van der Waals surface area contributed by atoms with Crippen molar-refractivity contribution in [3.05, 3.63) is 29.6 Å². The lowest BCUT2D eigenvalue weighted by Crippen LogP contribution is -2.22. The Hall–Kier alpha value is -1.18. The number of hydrogen-bond donors (Lipinski definition) is 0. The highest BCUT2D eigenvalue weighted by molar-refractivity contribution is 5.98. The van der Waals surface area contributed by atoms with E-state index in [0.717, 1.165) is 24.1 Å². The number of carbonyl (C=O) groups is 1. The summed E-state index contributed by atoms with van der Waals surface area (Å²) in [5.74, 6) is 0.596. The molecule has 0 bridgehead atoms. The van der Waals surface area contributed by atoms with Gasteiger partial charge in [0.2, 0.25) is 0 Å². The molecular weight excluding hydrogens is 162 g/mol. The fourth-order valence-corrected chi connectivity index (χ4v) is 1.60. The summed E-state index contributed by atoms with van der Waals surface area (Å²) < 4.78 is 0. The number of pyridine rings is 1. The largest absolute Gasteiger partial charge is 0.294 e. The molecule has 0 atom stereocenters. The minimum atomic E-state index is 0.293. The fraction of sp³-hybridized carbons (Fsp3) is 0.455. The van der Waals surface area contributed by atoms with Gasteiger partial charge in [0.25, 0.3) is 0 Å². The Labute approximate surface area is 78.0 Å². The molecule has 1 heterocycles. The van der Waals surface area contributed by atoms with E-state index in [1.807, 2.05) is 19.1 Å². The van der Waals surface area contributed by atoms with Crippen LogP contribution >= 0.6 is 0 Å². The van der Waals surface area contributed by atoms with Gasteiger partial charge < -0.3 is 0 Å². The van der Waals surface area contributed by atoms with E-state index in [-0.39, 0.29) is 0 Å². The lowest BCUT2D eigenvalue weighted by molar-refractivity contribution is 0.0855. The second kappa shape index (κ2) is 3.29. The first kappa shape index (κ1) is 8.42. The summed E-state index contributed by atoms with van der Waals surface area (Å²) in [4.78, 5) is 15.8. The summed E-state index contributed by atoms with van der Waals surface area (Å²) in [7, 11) is 0. The monoisotopic (exact) mass is 175 g/mol. The van der Waals surface area contributed by atoms with Crippen LogP contribution < -0.4 is 0 Å². The maximum atomic E-state index is 11.8. The Bertz CT molecular complexity index is 329. The van der Waals surface area contributed by atoms with Crippen LogP contribution in [0.25, 0.3) is 0 Å².